The van der Waals surface area contributed by atoms with Gasteiger partial charge in [0.05, 0.1) is 4.90 Å². The maximum atomic E-state index is 11.3. The number of nitrogens with one attached hydrogen (secondary N) is 1. The van der Waals surface area contributed by atoms with E-state index in [9.17, 15) is 13.0 Å². The van der Waals surface area contributed by atoms with Gasteiger partial charge in [0.25, 0.3) is 10.1 Å². The van der Waals surface area contributed by atoms with E-state index in [2.05, 4.69) is 5.32 Å². The first kappa shape index (κ1) is 14.6. The highest BCUT2D eigenvalue weighted by atomic mass is 32.2. The highest BCUT2D eigenvalue weighted by Gasteiger charge is 2.14. The van der Waals surface area contributed by atoms with Crippen LogP contribution in [-0.2, 0) is 10.1 Å². The van der Waals surface area contributed by atoms with Crippen molar-refractivity contribution in [2.24, 2.45) is 0 Å². The lowest BCUT2D eigenvalue weighted by molar-refractivity contribution is 0.482. The summed E-state index contributed by atoms with van der Waals surface area (Å²) in [7, 11) is -4.20. The molecular weight excluding hydrogens is 298 g/mol. The van der Waals surface area contributed by atoms with E-state index in [-0.39, 0.29) is 4.90 Å². The lowest BCUT2D eigenvalue weighted by Crippen LogP contribution is -2.01. The van der Waals surface area contributed by atoms with Crippen molar-refractivity contribution in [3.8, 4) is 0 Å². The van der Waals surface area contributed by atoms with Crippen molar-refractivity contribution in [1.82, 2.24) is 0 Å². The molecule has 0 aromatic heterocycles. The summed E-state index contributed by atoms with van der Waals surface area (Å²) in [5, 5.41) is 4.96. The molecule has 0 spiro atoms. The van der Waals surface area contributed by atoms with Crippen LogP contribution in [0.15, 0.2) is 65.6 Å². The van der Waals surface area contributed by atoms with Crippen molar-refractivity contribution in [2.45, 2.75) is 11.8 Å². The number of aryl methyl sites for hydroxylation is 1. The lowest BCUT2D eigenvalue weighted by atomic mass is 10.1. The molecule has 0 bridgehead atoms. The highest BCUT2D eigenvalue weighted by molar-refractivity contribution is 7.85. The van der Waals surface area contributed by atoms with Crippen LogP contribution in [0.2, 0.25) is 0 Å². The number of para-hydroxylation sites is 1. The average molecular weight is 313 g/mol. The molecule has 112 valence electrons. The largest absolute Gasteiger partial charge is 0.356 e. The van der Waals surface area contributed by atoms with Gasteiger partial charge in [0.1, 0.15) is 0 Å². The van der Waals surface area contributed by atoms with Crippen molar-refractivity contribution >= 4 is 32.3 Å². The zero-order valence-electron chi connectivity index (χ0n) is 11.9. The Kier molecular flexibility index (Phi) is 3.60. The summed E-state index contributed by atoms with van der Waals surface area (Å²) >= 11 is 0. The summed E-state index contributed by atoms with van der Waals surface area (Å²) < 4.78 is 31.9. The molecule has 0 heterocycles. The summed E-state index contributed by atoms with van der Waals surface area (Å²) in [6, 6.07) is 18.7. The third-order valence-electron chi connectivity index (χ3n) is 3.47. The highest BCUT2D eigenvalue weighted by Crippen LogP contribution is 2.27. The molecule has 22 heavy (non-hydrogen) atoms. The summed E-state index contributed by atoms with van der Waals surface area (Å²) in [6.45, 7) is 1.67. The Labute approximate surface area is 129 Å². The van der Waals surface area contributed by atoms with Crippen LogP contribution in [0.25, 0.3) is 10.8 Å². The van der Waals surface area contributed by atoms with Crippen molar-refractivity contribution < 1.29 is 13.0 Å². The maximum absolute atomic E-state index is 11.3. The van der Waals surface area contributed by atoms with Crippen LogP contribution < -0.4 is 5.32 Å². The van der Waals surface area contributed by atoms with E-state index < -0.39 is 10.1 Å². The quantitative estimate of drug-likeness (QED) is 0.713. The number of hydrogen-bond acceptors (Lipinski definition) is 3. The third kappa shape index (κ3) is 2.95. The molecule has 0 aliphatic heterocycles. The second kappa shape index (κ2) is 5.44. The smallest absolute Gasteiger partial charge is 0.294 e. The van der Waals surface area contributed by atoms with Gasteiger partial charge in [-0.15, -0.1) is 0 Å². The maximum Gasteiger partial charge on any atom is 0.294 e. The van der Waals surface area contributed by atoms with E-state index in [1.165, 1.54) is 6.07 Å². The summed E-state index contributed by atoms with van der Waals surface area (Å²) in [5.74, 6) is 0. The monoisotopic (exact) mass is 313 g/mol. The van der Waals surface area contributed by atoms with E-state index in [4.69, 9.17) is 0 Å². The fourth-order valence-corrected chi connectivity index (χ4v) is 3.18. The Morgan fingerprint density at radius 1 is 0.864 bits per heavy atom. The summed E-state index contributed by atoms with van der Waals surface area (Å²) in [6.07, 6.45) is 0. The topological polar surface area (TPSA) is 66.4 Å². The minimum absolute atomic E-state index is 0.0521. The van der Waals surface area contributed by atoms with Crippen LogP contribution in [0.3, 0.4) is 0 Å². The molecule has 0 fully saturated rings. The average Bonchev–Trinajstić information content (AvgIpc) is 2.46. The normalized spacial score (nSPS) is 11.5. The van der Waals surface area contributed by atoms with Crippen LogP contribution >= 0.6 is 0 Å². The Morgan fingerprint density at radius 2 is 1.59 bits per heavy atom. The second-order valence-corrected chi connectivity index (χ2v) is 6.54. The van der Waals surface area contributed by atoms with Gasteiger partial charge in [0.2, 0.25) is 0 Å². The Balaban J connectivity index is 2.04. The minimum atomic E-state index is -4.20. The molecule has 0 aliphatic carbocycles. The molecule has 0 atom stereocenters. The Hall–Kier alpha value is -2.37. The molecule has 5 heteroatoms. The first-order chi connectivity index (χ1) is 10.4. The fourth-order valence-electron chi connectivity index (χ4n) is 2.43. The number of hydrogen-bond donors (Lipinski definition) is 2. The van der Waals surface area contributed by atoms with E-state index in [0.717, 1.165) is 22.1 Å². The molecular formula is C17H15NO3S. The van der Waals surface area contributed by atoms with Gasteiger partial charge < -0.3 is 5.32 Å². The Morgan fingerprint density at radius 3 is 2.27 bits per heavy atom. The Bertz CT molecular complexity index is 935. The van der Waals surface area contributed by atoms with Gasteiger partial charge in [-0.25, -0.2) is 0 Å². The van der Waals surface area contributed by atoms with Gasteiger partial charge in [-0.2, -0.15) is 8.42 Å². The first-order valence-corrected chi connectivity index (χ1v) is 8.21. The number of rotatable bonds is 3. The van der Waals surface area contributed by atoms with Crippen LogP contribution in [0.4, 0.5) is 11.4 Å². The van der Waals surface area contributed by atoms with Crippen molar-refractivity contribution in [1.29, 1.82) is 0 Å². The van der Waals surface area contributed by atoms with Crippen LogP contribution in [0.1, 0.15) is 5.56 Å². The SMILES string of the molecule is Cc1cc2cc(Nc3ccccc3)ccc2cc1S(=O)(=O)O. The number of benzene rings is 3. The predicted octanol–water partition coefficient (Wildman–Crippen LogP) is 4.14. The zero-order valence-corrected chi connectivity index (χ0v) is 12.8. The number of fused-ring (bicyclic) bond motifs is 1. The van der Waals surface area contributed by atoms with E-state index in [1.807, 2.05) is 48.5 Å². The van der Waals surface area contributed by atoms with E-state index in [0.29, 0.717) is 5.56 Å². The van der Waals surface area contributed by atoms with Gasteiger partial charge >= 0.3 is 0 Å². The predicted molar refractivity (Wildman–Crippen MR) is 88.2 cm³/mol. The van der Waals surface area contributed by atoms with E-state index in [1.54, 1.807) is 13.0 Å². The molecule has 0 unspecified atom stereocenters. The molecule has 0 saturated carbocycles. The third-order valence-corrected chi connectivity index (χ3v) is 4.47. The van der Waals surface area contributed by atoms with Crippen LogP contribution in [0.5, 0.6) is 0 Å². The molecule has 0 amide bonds. The summed E-state index contributed by atoms with van der Waals surface area (Å²) in [4.78, 5) is -0.0521. The molecule has 3 aromatic rings. The second-order valence-electron chi connectivity index (χ2n) is 5.15. The van der Waals surface area contributed by atoms with Crippen LogP contribution in [-0.4, -0.2) is 13.0 Å². The zero-order chi connectivity index (χ0) is 15.7. The molecule has 0 saturated heterocycles. The van der Waals surface area contributed by atoms with Gasteiger partial charge in [0.15, 0.2) is 0 Å². The summed E-state index contributed by atoms with van der Waals surface area (Å²) in [5.41, 5.74) is 2.41. The van der Waals surface area contributed by atoms with Gasteiger partial charge in [-0.3, -0.25) is 4.55 Å². The molecule has 4 nitrogen and oxygen atoms in total. The van der Waals surface area contributed by atoms with Crippen molar-refractivity contribution in [3.05, 3.63) is 66.2 Å². The van der Waals surface area contributed by atoms with Crippen molar-refractivity contribution in [3.63, 3.8) is 0 Å². The van der Waals surface area contributed by atoms with E-state index >= 15 is 0 Å². The number of anilines is 2. The molecule has 3 aromatic carbocycles. The standard InChI is InChI=1S/C17H15NO3S/c1-12-9-14-10-16(18-15-5-3-2-4-6-15)8-7-13(14)11-17(12)22(19,20)21/h2-11,18H,1H3,(H,19,20,21). The lowest BCUT2D eigenvalue weighted by Gasteiger charge is -2.09. The fraction of sp³-hybridized carbons (Fsp3) is 0.0588. The molecule has 0 aliphatic rings. The van der Waals surface area contributed by atoms with Gasteiger partial charge in [-0.1, -0.05) is 24.3 Å². The first-order valence-electron chi connectivity index (χ1n) is 6.77. The molecule has 2 N–H and O–H groups in total. The molecule has 0 radical (unpaired) electrons. The van der Waals surface area contributed by atoms with Crippen LogP contribution in [0, 0.1) is 6.92 Å². The molecule has 3 rings (SSSR count). The van der Waals surface area contributed by atoms with Gasteiger partial charge in [-0.05, 0) is 59.7 Å². The van der Waals surface area contributed by atoms with Crippen molar-refractivity contribution in [2.75, 3.05) is 5.32 Å². The van der Waals surface area contributed by atoms with Gasteiger partial charge in [0, 0.05) is 11.4 Å². The minimum Gasteiger partial charge on any atom is -0.356 e.